The number of thiophene rings is 3. The summed E-state index contributed by atoms with van der Waals surface area (Å²) >= 11 is 10.3. The van der Waals surface area contributed by atoms with Crippen LogP contribution < -0.4 is 22.5 Å². The molecule has 4 aromatic carbocycles. The number of benzene rings is 4. The fourth-order valence-corrected chi connectivity index (χ4v) is 32.6. The van der Waals surface area contributed by atoms with Gasteiger partial charge in [-0.15, -0.1) is 22.7 Å². The van der Waals surface area contributed by atoms with Gasteiger partial charge in [0.05, 0.1) is 45.0 Å². The van der Waals surface area contributed by atoms with Crippen LogP contribution >= 0.6 is 65.9 Å². The zero-order chi connectivity index (χ0) is 52.4. The Balaban J connectivity index is 0.000000143. The van der Waals surface area contributed by atoms with Gasteiger partial charge in [0.25, 0.3) is 23.6 Å². The van der Waals surface area contributed by atoms with Gasteiger partial charge >= 0.3 is 123 Å². The monoisotopic (exact) mass is 1270 g/mol. The van der Waals surface area contributed by atoms with Crippen LogP contribution in [0.15, 0.2) is 134 Å². The Bertz CT molecular complexity index is 3120. The Morgan fingerprint density at radius 3 is 1.05 bits per heavy atom. The molecular formula is C60H60Br2N4O4S3Sn. The maximum Gasteiger partial charge on any atom is 0.259 e. The molecule has 0 N–H and O–H groups in total. The SMILES string of the molecule is CCC[CH2][Sn]([CH2]CCC)([CH2]CCC)[c]1cccs1.CN1C(=O)/C(=C2/C(=O)N(C)c3cc(-c4cccs4)ccc32)c2ccc(-c3cccs3)cc21.CN1C(=O)/C(=C2/C(=O)N(C)c3cc(Br)ccc32)c2ccc(Br)cc21. The number of hydrogen-bond donors (Lipinski definition) is 0. The number of carbonyl (C=O) groups excluding carboxylic acids is 4. The van der Waals surface area contributed by atoms with Gasteiger partial charge in [0, 0.05) is 69.1 Å². The second-order valence-corrected chi connectivity index (χ2v) is 38.1. The number of carbonyl (C=O) groups is 4. The molecule has 14 heteroatoms. The van der Waals surface area contributed by atoms with E-state index in [1.165, 1.54) is 38.5 Å². The smallest absolute Gasteiger partial charge is 0.259 e. The van der Waals surface area contributed by atoms with Crippen LogP contribution in [0.3, 0.4) is 0 Å². The molecule has 0 saturated heterocycles. The van der Waals surface area contributed by atoms with E-state index in [-0.39, 0.29) is 23.6 Å². The minimum Gasteiger partial charge on any atom is -0.311 e. The molecule has 11 rings (SSSR count). The van der Waals surface area contributed by atoms with Gasteiger partial charge in [-0.25, -0.2) is 0 Å². The van der Waals surface area contributed by atoms with Crippen LogP contribution in [0.4, 0.5) is 22.7 Å². The van der Waals surface area contributed by atoms with Crippen LogP contribution in [-0.4, -0.2) is 70.2 Å². The van der Waals surface area contributed by atoms with Crippen molar-refractivity contribution in [3.63, 3.8) is 0 Å². The molecule has 0 bridgehead atoms. The number of likely N-dealkylation sites (N-methyl/N-ethyl adjacent to an activating group) is 4. The van der Waals surface area contributed by atoms with E-state index in [0.717, 1.165) is 74.8 Å². The largest absolute Gasteiger partial charge is 0.311 e. The maximum atomic E-state index is 13.4. The number of anilines is 4. The van der Waals surface area contributed by atoms with E-state index in [9.17, 15) is 19.2 Å². The molecule has 3 aromatic heterocycles. The van der Waals surface area contributed by atoms with Crippen LogP contribution in [0.25, 0.3) is 43.2 Å². The number of halogens is 2. The predicted molar refractivity (Wildman–Crippen MR) is 324 cm³/mol. The topological polar surface area (TPSA) is 81.2 Å². The second kappa shape index (κ2) is 23.1. The van der Waals surface area contributed by atoms with Gasteiger partial charge in [0.15, 0.2) is 0 Å². The van der Waals surface area contributed by atoms with E-state index in [2.05, 4.69) is 93.6 Å². The molecule has 0 saturated carbocycles. The zero-order valence-electron chi connectivity index (χ0n) is 42.9. The Morgan fingerprint density at radius 2 is 0.743 bits per heavy atom. The van der Waals surface area contributed by atoms with Crippen molar-refractivity contribution in [2.24, 2.45) is 0 Å². The van der Waals surface area contributed by atoms with Crippen LogP contribution in [0.1, 0.15) is 81.5 Å². The first-order valence-electron chi connectivity index (χ1n) is 25.3. The molecule has 4 aliphatic rings. The summed E-state index contributed by atoms with van der Waals surface area (Å²) in [5, 5.41) is 6.39. The van der Waals surface area contributed by atoms with Gasteiger partial charge in [-0.2, -0.15) is 0 Å². The van der Waals surface area contributed by atoms with E-state index < -0.39 is 18.4 Å². The van der Waals surface area contributed by atoms with E-state index >= 15 is 0 Å². The summed E-state index contributed by atoms with van der Waals surface area (Å²) in [5.74, 6) is -0.600. The van der Waals surface area contributed by atoms with Crippen molar-refractivity contribution in [3.05, 3.63) is 157 Å². The molecule has 380 valence electrons. The average molecular weight is 1280 g/mol. The molecular weight excluding hydrogens is 1220 g/mol. The van der Waals surface area contributed by atoms with Crippen molar-refractivity contribution in [1.29, 1.82) is 0 Å². The first kappa shape index (κ1) is 53.9. The Hall–Kier alpha value is -4.90. The van der Waals surface area contributed by atoms with Gasteiger partial charge < -0.3 is 19.6 Å². The third-order valence-electron chi connectivity index (χ3n) is 14.7. The number of nitrogens with zero attached hydrogens (tertiary/aromatic N) is 4. The quantitative estimate of drug-likeness (QED) is 0.0902. The summed E-state index contributed by atoms with van der Waals surface area (Å²) in [6.07, 6.45) is 8.55. The van der Waals surface area contributed by atoms with Crippen molar-refractivity contribution in [1.82, 2.24) is 0 Å². The molecule has 8 nitrogen and oxygen atoms in total. The zero-order valence-corrected chi connectivity index (χ0v) is 51.4. The van der Waals surface area contributed by atoms with Crippen molar-refractivity contribution in [2.75, 3.05) is 47.8 Å². The summed E-state index contributed by atoms with van der Waals surface area (Å²) < 4.78 is 8.46. The molecule has 0 fully saturated rings. The summed E-state index contributed by atoms with van der Waals surface area (Å²) in [6, 6.07) is 36.3. The van der Waals surface area contributed by atoms with Gasteiger partial charge in [-0.05, 0) is 70.4 Å². The molecule has 74 heavy (non-hydrogen) atoms. The van der Waals surface area contributed by atoms with Gasteiger partial charge in [0.2, 0.25) is 0 Å². The number of rotatable bonds is 12. The molecule has 0 aliphatic carbocycles. The normalized spacial score (nSPS) is 16.6. The van der Waals surface area contributed by atoms with Crippen LogP contribution in [0.5, 0.6) is 0 Å². The fraction of sp³-hybridized carbons (Fsp3) is 0.267. The average Bonchev–Trinajstić information content (AvgIpc) is 4.31. The summed E-state index contributed by atoms with van der Waals surface area (Å²) in [5.41, 5.74) is 10.5. The minimum atomic E-state index is -2.01. The van der Waals surface area contributed by atoms with E-state index in [0.29, 0.717) is 22.3 Å². The minimum absolute atomic E-state index is 0.143. The number of amides is 4. The van der Waals surface area contributed by atoms with Crippen molar-refractivity contribution < 1.29 is 19.2 Å². The number of hydrogen-bond acceptors (Lipinski definition) is 7. The molecule has 0 spiro atoms. The van der Waals surface area contributed by atoms with Gasteiger partial charge in [-0.1, -0.05) is 80.4 Å². The van der Waals surface area contributed by atoms with E-state index in [4.69, 9.17) is 0 Å². The second-order valence-electron chi connectivity index (χ2n) is 19.3. The molecule has 0 radical (unpaired) electrons. The third-order valence-corrected chi connectivity index (χ3v) is 36.8. The maximum absolute atomic E-state index is 13.4. The molecule has 7 aromatic rings. The number of fused-ring (bicyclic) bond motifs is 4. The van der Waals surface area contributed by atoms with Crippen LogP contribution in [0.2, 0.25) is 13.3 Å². The third kappa shape index (κ3) is 10.3. The molecule has 4 amide bonds. The van der Waals surface area contributed by atoms with Crippen LogP contribution in [0, 0.1) is 0 Å². The summed E-state index contributed by atoms with van der Waals surface area (Å²) in [6.45, 7) is 7.06. The molecule has 4 aliphatic heterocycles. The Labute approximate surface area is 468 Å². The Morgan fingerprint density at radius 1 is 0.419 bits per heavy atom. The summed E-state index contributed by atoms with van der Waals surface area (Å²) in [7, 11) is 7.01. The van der Waals surface area contributed by atoms with E-state index in [1.54, 1.807) is 83.8 Å². The molecule has 0 unspecified atom stereocenters. The predicted octanol–water partition coefficient (Wildman–Crippen LogP) is 15.9. The summed E-state index contributed by atoms with van der Waals surface area (Å²) in [4.78, 5) is 61.2. The van der Waals surface area contributed by atoms with Gasteiger partial charge in [-0.3, -0.25) is 19.2 Å². The molecule has 0 atom stereocenters. The van der Waals surface area contributed by atoms with Crippen molar-refractivity contribution in [2.45, 2.75) is 72.6 Å². The van der Waals surface area contributed by atoms with Crippen molar-refractivity contribution >= 4 is 156 Å². The first-order chi connectivity index (χ1) is 35.7. The van der Waals surface area contributed by atoms with E-state index in [1.807, 2.05) is 98.6 Å². The number of unbranched alkanes of at least 4 members (excludes halogenated alkanes) is 3. The van der Waals surface area contributed by atoms with Crippen LogP contribution in [-0.2, 0) is 19.2 Å². The Kier molecular flexibility index (Phi) is 16.9. The first-order valence-corrected chi connectivity index (χ1v) is 37.0. The fourth-order valence-electron chi connectivity index (χ4n) is 10.6. The van der Waals surface area contributed by atoms with Crippen molar-refractivity contribution in [3.8, 4) is 20.9 Å². The standard InChI is InChI=1S/C26H18N2O2S2.C18H12Br2N2O2.C4H3S.3C4H9.Sn/c1-27-19-13-15(21-5-3-11-31-21)7-9-17(19)23(25(27)29)24-18-10-8-16(22-6-4-12-32-22)14-20(18)28(2)26(24)30;1-21-13-7-9(19)3-5-11(13)15(17(21)23)16-12-6-4-10(20)8-14(12)22(2)18(16)24;1-2-4-5-3-1;3*1-3-4-2;/h3-14H,1-2H3;3-8H,1-2H3;1-3H;3*1,3-4H2,2H3;/b24-23+;16-15+;;;;;. The van der Waals surface area contributed by atoms with Gasteiger partial charge in [0.1, 0.15) is 0 Å². The molecule has 7 heterocycles.